The predicted octanol–water partition coefficient (Wildman–Crippen LogP) is 18.4. The number of allylic oxidation sites excluding steroid dienone is 1. The number of dihydropyridines is 1. The van der Waals surface area contributed by atoms with Gasteiger partial charge in [0.2, 0.25) is 0 Å². The van der Waals surface area contributed by atoms with Crippen molar-refractivity contribution in [1.29, 1.82) is 0 Å². The number of aliphatic imine (C=N–C) groups is 1. The van der Waals surface area contributed by atoms with Crippen molar-refractivity contribution in [3.8, 4) is 22.3 Å². The molecule has 12 aromatic rings. The minimum absolute atomic E-state index is 0.719. The molecule has 3 aromatic heterocycles. The zero-order valence-corrected chi connectivity index (χ0v) is 42.7. The molecule has 8 nitrogen and oxygen atoms in total. The lowest BCUT2D eigenvalue weighted by Crippen LogP contribution is -2.19. The van der Waals surface area contributed by atoms with Crippen LogP contribution in [0.2, 0.25) is 0 Å². The van der Waals surface area contributed by atoms with E-state index in [0.29, 0.717) is 0 Å². The molecule has 8 heteroatoms. The van der Waals surface area contributed by atoms with Gasteiger partial charge in [0, 0.05) is 125 Å². The quantitative estimate of drug-likeness (QED) is 0.101. The molecule has 0 saturated carbocycles. The van der Waals surface area contributed by atoms with Gasteiger partial charge in [-0.15, -0.1) is 0 Å². The van der Waals surface area contributed by atoms with Crippen LogP contribution < -0.4 is 19.6 Å². The fraction of sp³-hybridized carbons (Fsp3) is 0.0286. The Kier molecular flexibility index (Phi) is 13.0. The Balaban J connectivity index is 1.08. The fourth-order valence-corrected chi connectivity index (χ4v) is 10.9. The molecule has 0 atom stereocenters. The van der Waals surface area contributed by atoms with Crippen LogP contribution in [0.25, 0.3) is 43.8 Å². The van der Waals surface area contributed by atoms with Gasteiger partial charge in [-0.25, -0.2) is 0 Å². The summed E-state index contributed by atoms with van der Waals surface area (Å²) >= 11 is 0. The van der Waals surface area contributed by atoms with Crippen molar-refractivity contribution in [2.24, 2.45) is 4.99 Å². The summed E-state index contributed by atoms with van der Waals surface area (Å²) in [6, 6.07) is 86.8. The lowest BCUT2D eigenvalue weighted by Gasteiger charge is -2.30. The molecule has 0 fully saturated rings. The van der Waals surface area contributed by atoms with Crippen molar-refractivity contribution in [2.75, 3.05) is 26.1 Å². The lowest BCUT2D eigenvalue weighted by atomic mass is 9.85. The molecule has 78 heavy (non-hydrogen) atoms. The zero-order chi connectivity index (χ0) is 52.0. The molecular formula is C70H52N8. The Labute approximate surface area is 454 Å². The second-order valence-corrected chi connectivity index (χ2v) is 19.1. The van der Waals surface area contributed by atoms with Crippen molar-refractivity contribution in [3.05, 3.63) is 292 Å². The maximum Gasteiger partial charge on any atom is 0.0492 e. The molecule has 1 aliphatic rings. The van der Waals surface area contributed by atoms with E-state index >= 15 is 0 Å². The summed E-state index contributed by atoms with van der Waals surface area (Å²) in [6.45, 7) is 0.719. The molecule has 0 bridgehead atoms. The Bertz CT molecular complexity index is 3930. The molecule has 0 unspecified atom stereocenters. The summed E-state index contributed by atoms with van der Waals surface area (Å²) in [6.07, 6.45) is 16.0. The van der Waals surface area contributed by atoms with Crippen molar-refractivity contribution in [3.63, 3.8) is 0 Å². The highest BCUT2D eigenvalue weighted by atomic mass is 15.2. The summed E-state index contributed by atoms with van der Waals surface area (Å²) in [5, 5.41) is 4.49. The standard InChI is InChI=1S/C70H52N8/c1-5-13-53(14-6-1)75(54-15-7-2-8-16-54)57-25-21-51(22-26-57)69-65-31-29-64(78(61-37-45-73-46-38-61)62-39-47-74-48-40-62)50-68(65)70(52-23-27-58(28-24-52)76(55-17-9-3-10-18-55)56-19-11-4-12-20-56)66-32-30-63(49-67(66)69)77(59-33-41-71-42-34-59)60-35-43-72-44-36-60/h1-39,41-47,49-50H,40,48H2. The first-order valence-electron chi connectivity index (χ1n) is 26.3. The average molecular weight is 1010 g/mol. The number of para-hydroxylation sites is 4. The minimum atomic E-state index is 0.719. The average Bonchev–Trinajstić information content (AvgIpc) is 3.59. The number of anilines is 11. The third-order valence-electron chi connectivity index (χ3n) is 14.4. The molecule has 0 spiro atoms. The largest absolute Gasteiger partial charge is 0.314 e. The van der Waals surface area contributed by atoms with Gasteiger partial charge in [-0.05, 0) is 183 Å². The smallest absolute Gasteiger partial charge is 0.0492 e. The van der Waals surface area contributed by atoms with Gasteiger partial charge in [-0.2, -0.15) is 0 Å². The Morgan fingerprint density at radius 1 is 0.269 bits per heavy atom. The molecule has 0 radical (unpaired) electrons. The first kappa shape index (κ1) is 47.3. The maximum absolute atomic E-state index is 4.59. The van der Waals surface area contributed by atoms with E-state index in [1.165, 1.54) is 5.70 Å². The number of hydrogen-bond acceptors (Lipinski definition) is 8. The van der Waals surface area contributed by atoms with Gasteiger partial charge in [0.1, 0.15) is 0 Å². The first-order chi connectivity index (χ1) is 38.7. The summed E-state index contributed by atoms with van der Waals surface area (Å²) < 4.78 is 0. The molecule has 0 amide bonds. The Morgan fingerprint density at radius 2 is 0.577 bits per heavy atom. The van der Waals surface area contributed by atoms with Crippen LogP contribution in [0.3, 0.4) is 0 Å². The predicted molar refractivity (Wildman–Crippen MR) is 324 cm³/mol. The molecule has 9 aromatic carbocycles. The van der Waals surface area contributed by atoms with Gasteiger partial charge in [0.15, 0.2) is 0 Å². The van der Waals surface area contributed by atoms with Gasteiger partial charge >= 0.3 is 0 Å². The number of nitrogens with zero attached hydrogens (tertiary/aromatic N) is 8. The molecule has 372 valence electrons. The number of fused-ring (bicyclic) bond motifs is 2. The molecule has 0 N–H and O–H groups in total. The van der Waals surface area contributed by atoms with Crippen LogP contribution in [0.5, 0.6) is 0 Å². The summed E-state index contributed by atoms with van der Waals surface area (Å²) in [7, 11) is 0. The van der Waals surface area contributed by atoms with E-state index in [2.05, 4.69) is 288 Å². The van der Waals surface area contributed by atoms with E-state index in [1.54, 1.807) is 0 Å². The number of rotatable bonds is 14. The molecule has 13 rings (SSSR count). The minimum Gasteiger partial charge on any atom is -0.314 e. The van der Waals surface area contributed by atoms with Crippen LogP contribution in [0.1, 0.15) is 6.42 Å². The molecule has 0 aliphatic carbocycles. The monoisotopic (exact) mass is 1000 g/mol. The highest BCUT2D eigenvalue weighted by Crippen LogP contribution is 2.49. The topological polar surface area (TPSA) is 64.0 Å². The maximum atomic E-state index is 4.59. The van der Waals surface area contributed by atoms with E-state index in [1.807, 2.05) is 43.4 Å². The van der Waals surface area contributed by atoms with Crippen molar-refractivity contribution >= 4 is 90.3 Å². The highest BCUT2D eigenvalue weighted by Gasteiger charge is 2.24. The second kappa shape index (κ2) is 21.4. The van der Waals surface area contributed by atoms with E-state index in [4.69, 9.17) is 0 Å². The van der Waals surface area contributed by atoms with E-state index in [-0.39, 0.29) is 0 Å². The zero-order valence-electron chi connectivity index (χ0n) is 42.7. The normalized spacial score (nSPS) is 12.0. The summed E-state index contributed by atoms with van der Waals surface area (Å²) in [5.41, 5.74) is 17.2. The van der Waals surface area contributed by atoms with Crippen molar-refractivity contribution in [2.45, 2.75) is 6.42 Å². The fourth-order valence-electron chi connectivity index (χ4n) is 10.9. The van der Waals surface area contributed by atoms with E-state index in [9.17, 15) is 0 Å². The lowest BCUT2D eigenvalue weighted by molar-refractivity contribution is 0.906. The number of benzene rings is 9. The highest BCUT2D eigenvalue weighted by molar-refractivity contribution is 6.23. The molecule has 0 saturated heterocycles. The molecular weight excluding hydrogens is 953 g/mol. The Morgan fingerprint density at radius 3 is 0.936 bits per heavy atom. The van der Waals surface area contributed by atoms with Crippen LogP contribution in [0, 0.1) is 0 Å². The van der Waals surface area contributed by atoms with Gasteiger partial charge < -0.3 is 19.6 Å². The van der Waals surface area contributed by atoms with Gasteiger partial charge in [0.25, 0.3) is 0 Å². The summed E-state index contributed by atoms with van der Waals surface area (Å²) in [4.78, 5) is 27.1. The van der Waals surface area contributed by atoms with Crippen LogP contribution >= 0.6 is 0 Å². The van der Waals surface area contributed by atoms with Crippen LogP contribution in [-0.4, -0.2) is 27.7 Å². The SMILES string of the molecule is C1=NCCC(N(c2ccncc2)c2ccc3c(-c4ccc(N(c5ccccc5)c5ccccc5)cc4)c4cc(N(c5ccncc5)c5ccncc5)ccc4c(-c4ccc(N(c5ccccc5)c5ccccc5)cc4)c3c2)=C1. The first-order valence-corrected chi connectivity index (χ1v) is 26.3. The third-order valence-corrected chi connectivity index (χ3v) is 14.4. The van der Waals surface area contributed by atoms with Gasteiger partial charge in [-0.3, -0.25) is 19.9 Å². The second-order valence-electron chi connectivity index (χ2n) is 19.1. The van der Waals surface area contributed by atoms with E-state index in [0.717, 1.165) is 119 Å². The molecule has 4 heterocycles. The van der Waals surface area contributed by atoms with Gasteiger partial charge in [0.05, 0.1) is 0 Å². The number of hydrogen-bond donors (Lipinski definition) is 0. The van der Waals surface area contributed by atoms with Crippen molar-refractivity contribution in [1.82, 2.24) is 15.0 Å². The third kappa shape index (κ3) is 9.28. The number of aromatic nitrogens is 3. The number of pyridine rings is 3. The van der Waals surface area contributed by atoms with E-state index < -0.39 is 0 Å². The van der Waals surface area contributed by atoms with Crippen molar-refractivity contribution < 1.29 is 0 Å². The Hall–Kier alpha value is -10.4. The molecule has 1 aliphatic heterocycles. The van der Waals surface area contributed by atoms with Crippen LogP contribution in [0.15, 0.2) is 297 Å². The van der Waals surface area contributed by atoms with Crippen LogP contribution in [0.4, 0.5) is 62.6 Å². The van der Waals surface area contributed by atoms with Crippen LogP contribution in [-0.2, 0) is 0 Å². The summed E-state index contributed by atoms with van der Waals surface area (Å²) in [5.74, 6) is 0. The van der Waals surface area contributed by atoms with Gasteiger partial charge in [-0.1, -0.05) is 109 Å².